The van der Waals surface area contributed by atoms with Crippen LogP contribution in [0.3, 0.4) is 0 Å². The van der Waals surface area contributed by atoms with Gasteiger partial charge in [-0.05, 0) is 25.3 Å². The van der Waals surface area contributed by atoms with E-state index in [1.165, 1.54) is 0 Å². The van der Waals surface area contributed by atoms with E-state index >= 15 is 0 Å². The summed E-state index contributed by atoms with van der Waals surface area (Å²) in [6.07, 6.45) is 4.05. The van der Waals surface area contributed by atoms with Gasteiger partial charge in [-0.3, -0.25) is 9.69 Å². The maximum atomic E-state index is 11.1. The molecule has 2 unspecified atom stereocenters. The van der Waals surface area contributed by atoms with Gasteiger partial charge in [-0.25, -0.2) is 0 Å². The van der Waals surface area contributed by atoms with Crippen LogP contribution >= 0.6 is 0 Å². The van der Waals surface area contributed by atoms with E-state index < -0.39 is 5.97 Å². The fourth-order valence-electron chi connectivity index (χ4n) is 2.11. The fraction of sp³-hybridized carbons (Fsp3) is 0.909. The number of likely N-dealkylation sites (tertiary alicyclic amines) is 1. The molecule has 1 aliphatic heterocycles. The molecule has 82 valence electrons. The van der Waals surface area contributed by atoms with Gasteiger partial charge in [0.2, 0.25) is 0 Å². The molecule has 3 heteroatoms. The van der Waals surface area contributed by atoms with Crippen LogP contribution < -0.4 is 0 Å². The zero-order chi connectivity index (χ0) is 10.6. The van der Waals surface area contributed by atoms with E-state index in [9.17, 15) is 4.79 Å². The third-order valence-corrected chi connectivity index (χ3v) is 3.01. The predicted molar refractivity (Wildman–Crippen MR) is 56.3 cm³/mol. The van der Waals surface area contributed by atoms with Crippen LogP contribution in [-0.2, 0) is 4.79 Å². The summed E-state index contributed by atoms with van der Waals surface area (Å²) < 4.78 is 0. The van der Waals surface area contributed by atoms with Crippen molar-refractivity contribution in [2.75, 3.05) is 13.1 Å². The second-order valence-corrected chi connectivity index (χ2v) is 4.39. The molecule has 1 rings (SSSR count). The number of carboxylic acids is 1. The first-order valence-electron chi connectivity index (χ1n) is 5.62. The van der Waals surface area contributed by atoms with E-state index in [-0.39, 0.29) is 6.04 Å². The zero-order valence-corrected chi connectivity index (χ0v) is 9.20. The average Bonchev–Trinajstić information content (AvgIpc) is 2.52. The van der Waals surface area contributed by atoms with E-state index in [2.05, 4.69) is 18.7 Å². The highest BCUT2D eigenvalue weighted by molar-refractivity contribution is 5.73. The minimum atomic E-state index is -0.646. The smallest absolute Gasteiger partial charge is 0.320 e. The van der Waals surface area contributed by atoms with Gasteiger partial charge in [-0.15, -0.1) is 0 Å². The van der Waals surface area contributed by atoms with Crippen molar-refractivity contribution in [3.63, 3.8) is 0 Å². The van der Waals surface area contributed by atoms with Crippen molar-refractivity contribution in [2.45, 2.75) is 45.6 Å². The minimum absolute atomic E-state index is 0.236. The van der Waals surface area contributed by atoms with Gasteiger partial charge in [-0.2, -0.15) is 0 Å². The number of carboxylic acid groups (broad SMARTS) is 1. The zero-order valence-electron chi connectivity index (χ0n) is 9.20. The molecule has 0 aromatic rings. The topological polar surface area (TPSA) is 40.5 Å². The molecular weight excluding hydrogens is 178 g/mol. The van der Waals surface area contributed by atoms with Gasteiger partial charge >= 0.3 is 5.97 Å². The van der Waals surface area contributed by atoms with Gasteiger partial charge in [0.05, 0.1) is 0 Å². The highest BCUT2D eigenvalue weighted by Gasteiger charge is 2.29. The van der Waals surface area contributed by atoms with Crippen LogP contribution in [0.1, 0.15) is 39.5 Å². The Morgan fingerprint density at radius 2 is 2.36 bits per heavy atom. The van der Waals surface area contributed by atoms with E-state index in [1.54, 1.807) is 0 Å². The van der Waals surface area contributed by atoms with E-state index in [0.29, 0.717) is 5.92 Å². The first kappa shape index (κ1) is 11.5. The summed E-state index contributed by atoms with van der Waals surface area (Å²) in [5.41, 5.74) is 0. The molecule has 0 radical (unpaired) electrons. The molecule has 0 aliphatic carbocycles. The first-order chi connectivity index (χ1) is 6.65. The summed E-state index contributed by atoms with van der Waals surface area (Å²) >= 11 is 0. The Labute approximate surface area is 86.1 Å². The Kier molecular flexibility index (Phi) is 4.39. The minimum Gasteiger partial charge on any atom is -0.480 e. The summed E-state index contributed by atoms with van der Waals surface area (Å²) in [6.45, 7) is 6.22. The molecule has 1 fully saturated rings. The van der Waals surface area contributed by atoms with Crippen LogP contribution in [0.5, 0.6) is 0 Å². The lowest BCUT2D eigenvalue weighted by Crippen LogP contribution is -2.39. The molecule has 14 heavy (non-hydrogen) atoms. The molecule has 2 atom stereocenters. The molecule has 0 aromatic carbocycles. The van der Waals surface area contributed by atoms with Crippen molar-refractivity contribution in [3.05, 3.63) is 0 Å². The summed E-state index contributed by atoms with van der Waals surface area (Å²) in [5.74, 6) is 0.0195. The Morgan fingerprint density at radius 1 is 1.64 bits per heavy atom. The largest absolute Gasteiger partial charge is 0.480 e. The molecule has 1 aliphatic rings. The summed E-state index contributed by atoms with van der Waals surface area (Å²) in [6, 6.07) is -0.236. The van der Waals surface area contributed by atoms with Gasteiger partial charge in [0, 0.05) is 6.54 Å². The summed E-state index contributed by atoms with van der Waals surface area (Å²) in [5, 5.41) is 9.10. The Morgan fingerprint density at radius 3 is 2.79 bits per heavy atom. The lowest BCUT2D eigenvalue weighted by Gasteiger charge is -2.23. The molecule has 0 aromatic heterocycles. The monoisotopic (exact) mass is 199 g/mol. The van der Waals surface area contributed by atoms with Crippen molar-refractivity contribution >= 4 is 5.97 Å². The molecule has 0 bridgehead atoms. The average molecular weight is 199 g/mol. The van der Waals surface area contributed by atoms with Crippen LogP contribution in [0.4, 0.5) is 0 Å². The lowest BCUT2D eigenvalue weighted by atomic mass is 10.1. The lowest BCUT2D eigenvalue weighted by molar-refractivity contribution is -0.143. The van der Waals surface area contributed by atoms with Crippen LogP contribution in [0.25, 0.3) is 0 Å². The number of hydrogen-bond acceptors (Lipinski definition) is 2. The van der Waals surface area contributed by atoms with Crippen molar-refractivity contribution in [1.29, 1.82) is 0 Å². The van der Waals surface area contributed by atoms with Crippen LogP contribution in [0.2, 0.25) is 0 Å². The molecule has 0 saturated carbocycles. The number of aliphatic carboxylic acids is 1. The maximum Gasteiger partial charge on any atom is 0.320 e. The van der Waals surface area contributed by atoms with Crippen molar-refractivity contribution < 1.29 is 9.90 Å². The van der Waals surface area contributed by atoms with Crippen molar-refractivity contribution in [2.24, 2.45) is 5.92 Å². The Balaban J connectivity index is 2.45. The standard InChI is InChI=1S/C11H21NO2/c1-3-4-5-10(11(13)14)12-7-6-9(2)8-12/h9-10H,3-8H2,1-2H3,(H,13,14). The third-order valence-electron chi connectivity index (χ3n) is 3.01. The second-order valence-electron chi connectivity index (χ2n) is 4.39. The van der Waals surface area contributed by atoms with Gasteiger partial charge in [0.15, 0.2) is 0 Å². The molecule has 0 spiro atoms. The van der Waals surface area contributed by atoms with Gasteiger partial charge in [0.25, 0.3) is 0 Å². The quantitative estimate of drug-likeness (QED) is 0.736. The second kappa shape index (κ2) is 5.35. The normalized spacial score (nSPS) is 25.1. The van der Waals surface area contributed by atoms with E-state index in [1.807, 2.05) is 0 Å². The number of unbranched alkanes of at least 4 members (excludes halogenated alkanes) is 1. The van der Waals surface area contributed by atoms with Gasteiger partial charge in [-0.1, -0.05) is 26.7 Å². The van der Waals surface area contributed by atoms with E-state index in [4.69, 9.17) is 5.11 Å². The summed E-state index contributed by atoms with van der Waals surface area (Å²) in [4.78, 5) is 13.2. The maximum absolute atomic E-state index is 11.1. The highest BCUT2D eigenvalue weighted by atomic mass is 16.4. The van der Waals surface area contributed by atoms with Crippen molar-refractivity contribution in [3.8, 4) is 0 Å². The molecule has 1 saturated heterocycles. The number of carbonyl (C=O) groups is 1. The van der Waals surface area contributed by atoms with Crippen molar-refractivity contribution in [1.82, 2.24) is 4.90 Å². The predicted octanol–water partition coefficient (Wildman–Crippen LogP) is 1.97. The molecule has 3 nitrogen and oxygen atoms in total. The highest BCUT2D eigenvalue weighted by Crippen LogP contribution is 2.20. The molecular formula is C11H21NO2. The Hall–Kier alpha value is -0.570. The van der Waals surface area contributed by atoms with Crippen LogP contribution in [0, 0.1) is 5.92 Å². The Bertz CT molecular complexity index is 194. The molecule has 0 amide bonds. The molecule has 1 heterocycles. The fourth-order valence-corrected chi connectivity index (χ4v) is 2.11. The third kappa shape index (κ3) is 2.98. The SMILES string of the molecule is CCCCC(C(=O)O)N1CCC(C)C1. The van der Waals surface area contributed by atoms with E-state index in [0.717, 1.165) is 38.8 Å². The van der Waals surface area contributed by atoms with Crippen LogP contribution in [-0.4, -0.2) is 35.1 Å². The summed E-state index contributed by atoms with van der Waals surface area (Å²) in [7, 11) is 0. The van der Waals surface area contributed by atoms with Gasteiger partial charge < -0.3 is 5.11 Å². The number of nitrogens with zero attached hydrogens (tertiary/aromatic N) is 1. The number of rotatable bonds is 5. The molecule has 1 N–H and O–H groups in total. The van der Waals surface area contributed by atoms with Gasteiger partial charge in [0.1, 0.15) is 6.04 Å². The first-order valence-corrected chi connectivity index (χ1v) is 5.62. The number of hydrogen-bond donors (Lipinski definition) is 1. The van der Waals surface area contributed by atoms with Crippen LogP contribution in [0.15, 0.2) is 0 Å².